The summed E-state index contributed by atoms with van der Waals surface area (Å²) in [6.07, 6.45) is -1.09. The number of primary amides is 1. The lowest BCUT2D eigenvalue weighted by atomic mass is 10.0. The van der Waals surface area contributed by atoms with Gasteiger partial charge in [-0.2, -0.15) is 0 Å². The van der Waals surface area contributed by atoms with Gasteiger partial charge in [-0.3, -0.25) is 14.4 Å². The van der Waals surface area contributed by atoms with Crippen molar-refractivity contribution in [2.45, 2.75) is 12.5 Å². The van der Waals surface area contributed by atoms with Crippen molar-refractivity contribution in [1.82, 2.24) is 10.6 Å². The molecule has 0 aliphatic carbocycles. The van der Waals surface area contributed by atoms with E-state index in [0.29, 0.717) is 0 Å². The summed E-state index contributed by atoms with van der Waals surface area (Å²) in [5, 5.41) is 3.95. The third kappa shape index (κ3) is 4.86. The molecule has 0 heterocycles. The van der Waals surface area contributed by atoms with Gasteiger partial charge >= 0.3 is 0 Å². The zero-order chi connectivity index (χ0) is 19.3. The molecule has 1 atom stereocenters. The first-order valence-electron chi connectivity index (χ1n) is 6.65. The zero-order valence-electron chi connectivity index (χ0n) is 12.5. The van der Waals surface area contributed by atoms with Crippen molar-refractivity contribution in [3.05, 3.63) is 34.6 Å². The molecule has 0 aliphatic rings. The zero-order valence-corrected chi connectivity index (χ0v) is 12.5. The van der Waals surface area contributed by atoms with Crippen LogP contribution in [0.1, 0.15) is 5.56 Å². The number of benzene rings is 1. The van der Waals surface area contributed by atoms with Crippen LogP contribution in [0.2, 0.25) is 0 Å². The lowest BCUT2D eigenvalue weighted by molar-refractivity contribution is -0.128. The number of carbonyl (C=O) groups excluding carboxylic acids is 3. The molecule has 0 aliphatic heterocycles. The van der Waals surface area contributed by atoms with Crippen molar-refractivity contribution in [2.75, 3.05) is 13.1 Å². The Labute approximate surface area is 137 Å². The quantitative estimate of drug-likeness (QED) is 0.279. The fourth-order valence-electron chi connectivity index (χ4n) is 1.75. The van der Waals surface area contributed by atoms with E-state index in [4.69, 9.17) is 11.5 Å². The molecule has 1 rings (SSSR count). The van der Waals surface area contributed by atoms with Crippen molar-refractivity contribution < 1.29 is 36.3 Å². The molecule has 0 saturated carbocycles. The Morgan fingerprint density at radius 3 is 1.80 bits per heavy atom. The average molecular weight is 368 g/mol. The highest BCUT2D eigenvalue weighted by molar-refractivity contribution is 5.89. The third-order valence-corrected chi connectivity index (χ3v) is 3.02. The van der Waals surface area contributed by atoms with Crippen LogP contribution in [0.3, 0.4) is 0 Å². The van der Waals surface area contributed by atoms with Crippen molar-refractivity contribution in [1.29, 1.82) is 0 Å². The second-order valence-electron chi connectivity index (χ2n) is 4.76. The van der Waals surface area contributed by atoms with Crippen LogP contribution < -0.4 is 22.1 Å². The minimum Gasteiger partial charge on any atom is -0.368 e. The molecule has 138 valence electrons. The molecular formula is C13H13F5N4O3. The van der Waals surface area contributed by atoms with E-state index < -0.39 is 77.9 Å². The van der Waals surface area contributed by atoms with Gasteiger partial charge in [0, 0.05) is 12.0 Å². The second kappa shape index (κ2) is 8.37. The normalized spacial score (nSPS) is 11.8. The summed E-state index contributed by atoms with van der Waals surface area (Å²) in [6, 6.07) is -1.78. The lowest BCUT2D eigenvalue weighted by Gasteiger charge is -2.17. The van der Waals surface area contributed by atoms with Gasteiger partial charge in [-0.15, -0.1) is 0 Å². The molecule has 0 radical (unpaired) electrons. The van der Waals surface area contributed by atoms with Gasteiger partial charge in [-0.1, -0.05) is 0 Å². The Kier molecular flexibility index (Phi) is 6.79. The first kappa shape index (κ1) is 20.3. The van der Waals surface area contributed by atoms with Gasteiger partial charge in [-0.25, -0.2) is 22.0 Å². The van der Waals surface area contributed by atoms with E-state index in [9.17, 15) is 36.3 Å². The minimum absolute atomic E-state index is 0.420. The maximum atomic E-state index is 13.6. The monoisotopic (exact) mass is 368 g/mol. The number of hydrogen-bond donors (Lipinski definition) is 4. The Bertz CT molecular complexity index is 684. The molecule has 1 aromatic rings. The Hall–Kier alpha value is -2.76. The molecular weight excluding hydrogens is 355 g/mol. The number of halogens is 5. The largest absolute Gasteiger partial charge is 0.368 e. The van der Waals surface area contributed by atoms with Gasteiger partial charge < -0.3 is 22.1 Å². The van der Waals surface area contributed by atoms with Gasteiger partial charge in [0.15, 0.2) is 23.3 Å². The summed E-state index contributed by atoms with van der Waals surface area (Å²) >= 11 is 0. The van der Waals surface area contributed by atoms with Crippen molar-refractivity contribution in [2.24, 2.45) is 11.5 Å². The molecule has 25 heavy (non-hydrogen) atoms. The highest BCUT2D eigenvalue weighted by Gasteiger charge is 2.29. The fourth-order valence-corrected chi connectivity index (χ4v) is 1.75. The van der Waals surface area contributed by atoms with E-state index in [-0.39, 0.29) is 0 Å². The first-order valence-corrected chi connectivity index (χ1v) is 6.65. The molecule has 0 bridgehead atoms. The molecule has 6 N–H and O–H groups in total. The molecule has 1 aromatic carbocycles. The van der Waals surface area contributed by atoms with Crippen molar-refractivity contribution >= 4 is 17.7 Å². The van der Waals surface area contributed by atoms with Crippen LogP contribution in [-0.2, 0) is 20.8 Å². The average Bonchev–Trinajstić information content (AvgIpc) is 2.58. The highest BCUT2D eigenvalue weighted by atomic mass is 19.2. The number of nitrogens with two attached hydrogens (primary N) is 2. The SMILES string of the molecule is NCC(=O)NCC(=O)NC(Cc1c(F)c(F)c(F)c(F)c1F)C(N)=O. The number of hydrogen-bond acceptors (Lipinski definition) is 4. The summed E-state index contributed by atoms with van der Waals surface area (Å²) in [6.45, 7) is -1.06. The molecule has 7 nitrogen and oxygen atoms in total. The number of amides is 3. The highest BCUT2D eigenvalue weighted by Crippen LogP contribution is 2.24. The van der Waals surface area contributed by atoms with E-state index in [0.717, 1.165) is 0 Å². The molecule has 3 amide bonds. The van der Waals surface area contributed by atoms with Crippen LogP contribution in [0.5, 0.6) is 0 Å². The number of nitrogens with one attached hydrogen (secondary N) is 2. The van der Waals surface area contributed by atoms with Crippen LogP contribution in [0.4, 0.5) is 22.0 Å². The third-order valence-electron chi connectivity index (χ3n) is 3.02. The molecule has 1 unspecified atom stereocenters. The molecule has 0 saturated heterocycles. The van der Waals surface area contributed by atoms with Crippen LogP contribution in [-0.4, -0.2) is 36.9 Å². The molecule has 0 fully saturated rings. The van der Waals surface area contributed by atoms with Crippen molar-refractivity contribution in [3.8, 4) is 0 Å². The smallest absolute Gasteiger partial charge is 0.240 e. The van der Waals surface area contributed by atoms with E-state index in [2.05, 4.69) is 0 Å². The Morgan fingerprint density at radius 1 is 0.880 bits per heavy atom. The van der Waals surface area contributed by atoms with E-state index in [1.165, 1.54) is 0 Å². The molecule has 0 aromatic heterocycles. The summed E-state index contributed by atoms with van der Waals surface area (Å²) in [7, 11) is 0. The van der Waals surface area contributed by atoms with Gasteiger partial charge in [0.2, 0.25) is 23.5 Å². The maximum absolute atomic E-state index is 13.6. The second-order valence-corrected chi connectivity index (χ2v) is 4.76. The molecule has 12 heteroatoms. The van der Waals surface area contributed by atoms with Crippen molar-refractivity contribution in [3.63, 3.8) is 0 Å². The van der Waals surface area contributed by atoms with Gasteiger partial charge in [0.05, 0.1) is 13.1 Å². The standard InChI is InChI=1S/C13H13F5N4O3/c14-8-4(9(15)11(17)12(18)10(8)16)1-5(13(20)25)22-7(24)3-21-6(23)2-19/h5H,1-3,19H2,(H2,20,25)(H,21,23)(H,22,24). The molecule has 0 spiro atoms. The van der Waals surface area contributed by atoms with Gasteiger partial charge in [-0.05, 0) is 0 Å². The summed E-state index contributed by atoms with van der Waals surface area (Å²) < 4.78 is 66.5. The number of carbonyl (C=O) groups is 3. The summed E-state index contributed by atoms with van der Waals surface area (Å²) in [5.41, 5.74) is 8.62. The number of rotatable bonds is 7. The van der Waals surface area contributed by atoms with E-state index in [1.54, 1.807) is 0 Å². The Morgan fingerprint density at radius 2 is 1.36 bits per heavy atom. The summed E-state index contributed by atoms with van der Waals surface area (Å²) in [5.74, 6) is -14.0. The van der Waals surface area contributed by atoms with Crippen LogP contribution in [0.25, 0.3) is 0 Å². The summed E-state index contributed by atoms with van der Waals surface area (Å²) in [4.78, 5) is 33.7. The lowest BCUT2D eigenvalue weighted by Crippen LogP contribution is -2.49. The Balaban J connectivity index is 2.99. The fraction of sp³-hybridized carbons (Fsp3) is 0.308. The van der Waals surface area contributed by atoms with Gasteiger partial charge in [0.25, 0.3) is 0 Å². The minimum atomic E-state index is -2.36. The maximum Gasteiger partial charge on any atom is 0.240 e. The first-order chi connectivity index (χ1) is 11.6. The predicted octanol–water partition coefficient (Wildman–Crippen LogP) is -1.03. The van der Waals surface area contributed by atoms with E-state index >= 15 is 0 Å². The van der Waals surface area contributed by atoms with Crippen LogP contribution in [0.15, 0.2) is 0 Å². The van der Waals surface area contributed by atoms with Gasteiger partial charge in [0.1, 0.15) is 6.04 Å². The topological polar surface area (TPSA) is 127 Å². The van der Waals surface area contributed by atoms with Crippen LogP contribution in [0, 0.1) is 29.1 Å². The predicted molar refractivity (Wildman–Crippen MR) is 73.1 cm³/mol. The van der Waals surface area contributed by atoms with E-state index in [1.807, 2.05) is 10.6 Å². The van der Waals surface area contributed by atoms with Crippen LogP contribution >= 0.6 is 0 Å².